The van der Waals surface area contributed by atoms with Crippen LogP contribution in [0.15, 0.2) is 24.3 Å². The molecule has 0 aliphatic heterocycles. The highest BCUT2D eigenvalue weighted by Gasteiger charge is 2.11. The van der Waals surface area contributed by atoms with Gasteiger partial charge in [-0.25, -0.2) is 0 Å². The quantitative estimate of drug-likeness (QED) is 0.797. The van der Waals surface area contributed by atoms with Crippen LogP contribution in [0.4, 0.5) is 0 Å². The maximum absolute atomic E-state index is 5.78. The van der Waals surface area contributed by atoms with E-state index in [9.17, 15) is 0 Å². The minimum atomic E-state index is 0.460. The molecule has 0 bridgehead atoms. The lowest BCUT2D eigenvalue weighted by Crippen LogP contribution is -2.09. The molecule has 0 spiro atoms. The van der Waals surface area contributed by atoms with Gasteiger partial charge in [0.1, 0.15) is 0 Å². The highest BCUT2D eigenvalue weighted by Crippen LogP contribution is 2.26. The van der Waals surface area contributed by atoms with E-state index >= 15 is 0 Å². The van der Waals surface area contributed by atoms with Crippen molar-refractivity contribution in [2.75, 3.05) is 0 Å². The number of aromatic nitrogens is 1. The minimum Gasteiger partial charge on any atom is -0.341 e. The molecule has 0 unspecified atom stereocenters. The predicted molar refractivity (Wildman–Crippen MR) is 65.0 cm³/mol. The molecule has 0 amide bonds. The van der Waals surface area contributed by atoms with E-state index < -0.39 is 0 Å². The Morgan fingerprint density at radius 3 is 2.67 bits per heavy atom. The van der Waals surface area contributed by atoms with Crippen LogP contribution in [0.25, 0.3) is 10.9 Å². The van der Waals surface area contributed by atoms with Gasteiger partial charge >= 0.3 is 0 Å². The molecule has 0 saturated heterocycles. The molecule has 0 aliphatic carbocycles. The fraction of sp³-hybridized carbons (Fsp3) is 0.385. The zero-order valence-electron chi connectivity index (χ0n) is 9.62. The second-order valence-electron chi connectivity index (χ2n) is 4.32. The first-order valence-corrected chi connectivity index (χ1v) is 5.44. The zero-order chi connectivity index (χ0) is 11.0. The number of hydrogen-bond donors (Lipinski definition) is 1. The largest absolute Gasteiger partial charge is 0.341 e. The Morgan fingerprint density at radius 1 is 1.33 bits per heavy atom. The maximum atomic E-state index is 5.78. The summed E-state index contributed by atoms with van der Waals surface area (Å²) in [4.78, 5) is 0. The molecule has 0 aliphatic rings. The van der Waals surface area contributed by atoms with Crippen LogP contribution in [0.3, 0.4) is 0 Å². The Balaban J connectivity index is 2.82. The van der Waals surface area contributed by atoms with Gasteiger partial charge in [0.25, 0.3) is 0 Å². The van der Waals surface area contributed by atoms with Gasteiger partial charge < -0.3 is 10.3 Å². The Hall–Kier alpha value is -1.28. The molecule has 2 nitrogen and oxygen atoms in total. The predicted octanol–water partition coefficient (Wildman–Crippen LogP) is 2.99. The van der Waals surface area contributed by atoms with Crippen LogP contribution in [-0.2, 0) is 6.54 Å². The van der Waals surface area contributed by atoms with Gasteiger partial charge in [0.05, 0.1) is 5.52 Å². The van der Waals surface area contributed by atoms with E-state index in [0.717, 1.165) is 0 Å². The number of benzene rings is 1. The van der Waals surface area contributed by atoms with E-state index in [1.54, 1.807) is 0 Å². The first kappa shape index (κ1) is 10.2. The summed E-state index contributed by atoms with van der Waals surface area (Å²) >= 11 is 0. The summed E-state index contributed by atoms with van der Waals surface area (Å²) in [6, 6.07) is 9.06. The van der Waals surface area contributed by atoms with Gasteiger partial charge in [-0.05, 0) is 32.4 Å². The standard InChI is InChI=1S/C13H18N2/c1-9(2)15-12(8-14)7-11-6-4-5-10(3)13(11)15/h4-7,9H,8,14H2,1-3H3. The second kappa shape index (κ2) is 3.70. The maximum Gasteiger partial charge on any atom is 0.0515 e. The van der Waals surface area contributed by atoms with Crippen LogP contribution in [0.2, 0.25) is 0 Å². The van der Waals surface area contributed by atoms with Crippen LogP contribution >= 0.6 is 0 Å². The Morgan fingerprint density at radius 2 is 2.07 bits per heavy atom. The molecule has 1 aromatic heterocycles. The summed E-state index contributed by atoms with van der Waals surface area (Å²) < 4.78 is 2.34. The van der Waals surface area contributed by atoms with Gasteiger partial charge in [-0.15, -0.1) is 0 Å². The van der Waals surface area contributed by atoms with Gasteiger partial charge in [-0.2, -0.15) is 0 Å². The summed E-state index contributed by atoms with van der Waals surface area (Å²) in [5, 5.41) is 1.30. The number of fused-ring (bicyclic) bond motifs is 1. The fourth-order valence-electron chi connectivity index (χ4n) is 2.27. The minimum absolute atomic E-state index is 0.460. The highest BCUT2D eigenvalue weighted by atomic mass is 15.0. The first-order valence-electron chi connectivity index (χ1n) is 5.44. The molecule has 0 saturated carbocycles. The number of nitrogens with two attached hydrogens (primary N) is 1. The van der Waals surface area contributed by atoms with E-state index in [-0.39, 0.29) is 0 Å². The first-order chi connectivity index (χ1) is 7.15. The summed E-state index contributed by atoms with van der Waals surface area (Å²) in [6.07, 6.45) is 0. The molecule has 2 N–H and O–H groups in total. The average Bonchev–Trinajstić information content (AvgIpc) is 2.57. The average molecular weight is 202 g/mol. The molecule has 1 heterocycles. The van der Waals surface area contributed by atoms with E-state index in [1.807, 2.05) is 0 Å². The highest BCUT2D eigenvalue weighted by molar-refractivity contribution is 5.84. The third-order valence-electron chi connectivity index (χ3n) is 2.87. The smallest absolute Gasteiger partial charge is 0.0515 e. The van der Waals surface area contributed by atoms with Crippen molar-refractivity contribution in [3.05, 3.63) is 35.5 Å². The van der Waals surface area contributed by atoms with Crippen LogP contribution in [0, 0.1) is 6.92 Å². The van der Waals surface area contributed by atoms with E-state index in [4.69, 9.17) is 5.73 Å². The molecule has 1 aromatic carbocycles. The molecule has 2 heteroatoms. The van der Waals surface area contributed by atoms with Gasteiger partial charge in [-0.1, -0.05) is 18.2 Å². The van der Waals surface area contributed by atoms with E-state index in [1.165, 1.54) is 22.2 Å². The summed E-state index contributed by atoms with van der Waals surface area (Å²) in [5.41, 5.74) is 9.65. The molecular formula is C13H18N2. The lowest BCUT2D eigenvalue weighted by Gasteiger charge is -2.14. The monoisotopic (exact) mass is 202 g/mol. The van der Waals surface area contributed by atoms with Gasteiger partial charge in [0, 0.05) is 23.7 Å². The SMILES string of the molecule is Cc1cccc2cc(CN)n(C(C)C)c12. The fourth-order valence-corrected chi connectivity index (χ4v) is 2.27. The molecule has 2 aromatic rings. The number of hydrogen-bond acceptors (Lipinski definition) is 1. The normalized spacial score (nSPS) is 11.5. The lowest BCUT2D eigenvalue weighted by atomic mass is 10.1. The number of rotatable bonds is 2. The Bertz CT molecular complexity index is 480. The van der Waals surface area contributed by atoms with Gasteiger partial charge in [-0.3, -0.25) is 0 Å². The second-order valence-corrected chi connectivity index (χ2v) is 4.32. The van der Waals surface area contributed by atoms with Gasteiger partial charge in [0.15, 0.2) is 0 Å². The molecule has 0 radical (unpaired) electrons. The van der Waals surface area contributed by atoms with Crippen LogP contribution in [0.5, 0.6) is 0 Å². The molecule has 15 heavy (non-hydrogen) atoms. The number of nitrogens with zero attached hydrogens (tertiary/aromatic N) is 1. The van der Waals surface area contributed by atoms with E-state index in [0.29, 0.717) is 12.6 Å². The van der Waals surface area contributed by atoms with E-state index in [2.05, 4.69) is 49.6 Å². The number of aryl methyl sites for hydroxylation is 1. The van der Waals surface area contributed by atoms with Crippen molar-refractivity contribution in [3.63, 3.8) is 0 Å². The molecule has 0 atom stereocenters. The van der Waals surface area contributed by atoms with Crippen molar-refractivity contribution in [1.82, 2.24) is 4.57 Å². The Labute approximate surface area is 90.7 Å². The number of para-hydroxylation sites is 1. The Kier molecular flexibility index (Phi) is 2.53. The third kappa shape index (κ3) is 1.55. The summed E-state index contributed by atoms with van der Waals surface area (Å²) in [6.45, 7) is 7.16. The zero-order valence-corrected chi connectivity index (χ0v) is 9.62. The molecule has 80 valence electrons. The van der Waals surface area contributed by atoms with Crippen molar-refractivity contribution in [2.45, 2.75) is 33.4 Å². The van der Waals surface area contributed by atoms with Crippen molar-refractivity contribution < 1.29 is 0 Å². The molecule has 2 rings (SSSR count). The van der Waals surface area contributed by atoms with Crippen molar-refractivity contribution in [1.29, 1.82) is 0 Å². The van der Waals surface area contributed by atoms with Crippen molar-refractivity contribution in [2.24, 2.45) is 5.73 Å². The topological polar surface area (TPSA) is 30.9 Å². The van der Waals surface area contributed by atoms with Gasteiger partial charge in [0.2, 0.25) is 0 Å². The van der Waals surface area contributed by atoms with Crippen LogP contribution in [-0.4, -0.2) is 4.57 Å². The lowest BCUT2D eigenvalue weighted by molar-refractivity contribution is 0.594. The summed E-state index contributed by atoms with van der Waals surface area (Å²) in [7, 11) is 0. The molecule has 0 fully saturated rings. The van der Waals surface area contributed by atoms with Crippen molar-refractivity contribution >= 4 is 10.9 Å². The molecular weight excluding hydrogens is 184 g/mol. The van der Waals surface area contributed by atoms with Crippen molar-refractivity contribution in [3.8, 4) is 0 Å². The third-order valence-corrected chi connectivity index (χ3v) is 2.87. The van der Waals surface area contributed by atoms with Crippen LogP contribution in [0.1, 0.15) is 31.1 Å². The van der Waals surface area contributed by atoms with Crippen LogP contribution < -0.4 is 5.73 Å². The summed E-state index contributed by atoms with van der Waals surface area (Å²) in [5.74, 6) is 0.